The Kier molecular flexibility index (Phi) is 6.57. The molecule has 5 heteroatoms. The van der Waals surface area contributed by atoms with Crippen LogP contribution in [0.2, 0.25) is 0 Å². The Morgan fingerprint density at radius 1 is 1.13 bits per heavy atom. The average molecular weight is 322 g/mol. The minimum absolute atomic E-state index is 0.0523. The van der Waals surface area contributed by atoms with Crippen LogP contribution in [0.3, 0.4) is 0 Å². The van der Waals surface area contributed by atoms with Crippen molar-refractivity contribution in [3.8, 4) is 0 Å². The Bertz CT molecular complexity index is 489. The molecule has 1 heterocycles. The van der Waals surface area contributed by atoms with Gasteiger partial charge in [0.1, 0.15) is 0 Å². The molecule has 1 aliphatic heterocycles. The van der Waals surface area contributed by atoms with Crippen LogP contribution in [0.25, 0.3) is 0 Å². The van der Waals surface area contributed by atoms with Gasteiger partial charge in [-0.2, -0.15) is 0 Å². The molecule has 0 bridgehead atoms. The van der Waals surface area contributed by atoms with Gasteiger partial charge in [-0.1, -0.05) is 44.2 Å². The van der Waals surface area contributed by atoms with Crippen LogP contribution < -0.4 is 0 Å². The Balaban J connectivity index is 2.05. The Hall–Kier alpha value is -1.43. The monoisotopic (exact) mass is 322 g/mol. The van der Waals surface area contributed by atoms with Crippen molar-refractivity contribution in [1.82, 2.24) is 0 Å². The Morgan fingerprint density at radius 3 is 2.43 bits per heavy atom. The number of esters is 1. The first kappa shape index (κ1) is 17.9. The van der Waals surface area contributed by atoms with E-state index >= 15 is 0 Å². The van der Waals surface area contributed by atoms with E-state index in [-0.39, 0.29) is 42.7 Å². The molecule has 2 rings (SSSR count). The Labute approximate surface area is 137 Å². The molecule has 1 aromatic rings. The van der Waals surface area contributed by atoms with Crippen LogP contribution in [-0.4, -0.2) is 38.7 Å². The van der Waals surface area contributed by atoms with E-state index in [9.17, 15) is 4.79 Å². The number of benzene rings is 1. The molecule has 0 saturated carbocycles. The molecule has 5 nitrogen and oxygen atoms in total. The molecule has 1 unspecified atom stereocenters. The third-order valence-electron chi connectivity index (χ3n) is 4.47. The first-order valence-electron chi connectivity index (χ1n) is 7.97. The smallest absolute Gasteiger partial charge is 0.308 e. The molecule has 0 radical (unpaired) electrons. The SMILES string of the molecule is COC(=O)C[C@H]1OC(OC)[C@@H](C)[C@H](OCc2ccccc2)[C@@H]1C. The van der Waals surface area contributed by atoms with Gasteiger partial charge in [0.25, 0.3) is 0 Å². The zero-order valence-corrected chi connectivity index (χ0v) is 14.2. The normalized spacial score (nSPS) is 30.9. The molecule has 0 spiro atoms. The predicted molar refractivity (Wildman–Crippen MR) is 85.7 cm³/mol. The highest BCUT2D eigenvalue weighted by Gasteiger charge is 2.43. The van der Waals surface area contributed by atoms with Crippen molar-refractivity contribution < 1.29 is 23.7 Å². The van der Waals surface area contributed by atoms with E-state index in [1.807, 2.05) is 37.3 Å². The van der Waals surface area contributed by atoms with Crippen molar-refractivity contribution in [3.05, 3.63) is 35.9 Å². The van der Waals surface area contributed by atoms with Gasteiger partial charge in [0.15, 0.2) is 6.29 Å². The third kappa shape index (κ3) is 4.53. The number of hydrogen-bond acceptors (Lipinski definition) is 5. The fraction of sp³-hybridized carbons (Fsp3) is 0.611. The first-order chi connectivity index (χ1) is 11.1. The van der Waals surface area contributed by atoms with Gasteiger partial charge in [-0.05, 0) is 5.56 Å². The maximum absolute atomic E-state index is 11.6. The van der Waals surface area contributed by atoms with Crippen molar-refractivity contribution in [2.24, 2.45) is 11.8 Å². The molecular weight excluding hydrogens is 296 g/mol. The van der Waals surface area contributed by atoms with Crippen molar-refractivity contribution in [2.75, 3.05) is 14.2 Å². The average Bonchev–Trinajstić information content (AvgIpc) is 2.58. The lowest BCUT2D eigenvalue weighted by Crippen LogP contribution is -2.51. The molecule has 1 aliphatic rings. The van der Waals surface area contributed by atoms with Crippen LogP contribution in [0.15, 0.2) is 30.3 Å². The number of carbonyl (C=O) groups is 1. The van der Waals surface area contributed by atoms with E-state index in [4.69, 9.17) is 18.9 Å². The molecule has 23 heavy (non-hydrogen) atoms. The molecule has 1 saturated heterocycles. The van der Waals surface area contributed by atoms with Gasteiger partial charge < -0.3 is 18.9 Å². The van der Waals surface area contributed by atoms with Gasteiger partial charge >= 0.3 is 5.97 Å². The van der Waals surface area contributed by atoms with Crippen LogP contribution >= 0.6 is 0 Å². The van der Waals surface area contributed by atoms with Gasteiger partial charge in [0.05, 0.1) is 32.3 Å². The van der Waals surface area contributed by atoms with Crippen molar-refractivity contribution in [2.45, 2.75) is 45.4 Å². The highest BCUT2D eigenvalue weighted by molar-refractivity contribution is 5.69. The largest absolute Gasteiger partial charge is 0.469 e. The van der Waals surface area contributed by atoms with E-state index in [2.05, 4.69) is 6.92 Å². The first-order valence-corrected chi connectivity index (χ1v) is 7.97. The molecule has 0 aromatic heterocycles. The summed E-state index contributed by atoms with van der Waals surface area (Å²) in [5, 5.41) is 0. The van der Waals surface area contributed by atoms with Gasteiger partial charge in [0, 0.05) is 18.9 Å². The summed E-state index contributed by atoms with van der Waals surface area (Å²) < 4.78 is 22.3. The van der Waals surface area contributed by atoms with Crippen LogP contribution in [0.4, 0.5) is 0 Å². The lowest BCUT2D eigenvalue weighted by atomic mass is 9.84. The summed E-state index contributed by atoms with van der Waals surface area (Å²) in [4.78, 5) is 11.6. The molecule has 1 fully saturated rings. The fourth-order valence-corrected chi connectivity index (χ4v) is 3.09. The lowest BCUT2D eigenvalue weighted by molar-refractivity contribution is -0.263. The summed E-state index contributed by atoms with van der Waals surface area (Å²) in [5.41, 5.74) is 1.12. The Morgan fingerprint density at radius 2 is 1.83 bits per heavy atom. The van der Waals surface area contributed by atoms with Crippen LogP contribution in [-0.2, 0) is 30.3 Å². The summed E-state index contributed by atoms with van der Waals surface area (Å²) in [5.74, 6) is -0.139. The summed E-state index contributed by atoms with van der Waals surface area (Å²) in [6.07, 6.45) is -0.510. The van der Waals surface area contributed by atoms with Gasteiger partial charge in [-0.15, -0.1) is 0 Å². The number of carbonyl (C=O) groups excluding carboxylic acids is 1. The van der Waals surface area contributed by atoms with E-state index in [1.54, 1.807) is 7.11 Å². The van der Waals surface area contributed by atoms with Crippen LogP contribution in [0.5, 0.6) is 0 Å². The number of ether oxygens (including phenoxy) is 4. The van der Waals surface area contributed by atoms with Crippen molar-refractivity contribution in [3.63, 3.8) is 0 Å². The second kappa shape index (κ2) is 8.43. The number of methoxy groups -OCH3 is 2. The van der Waals surface area contributed by atoms with E-state index in [1.165, 1.54) is 7.11 Å². The third-order valence-corrected chi connectivity index (χ3v) is 4.47. The zero-order chi connectivity index (χ0) is 16.8. The van der Waals surface area contributed by atoms with Gasteiger partial charge in [-0.25, -0.2) is 0 Å². The molecule has 1 aromatic carbocycles. The zero-order valence-electron chi connectivity index (χ0n) is 14.2. The molecule has 0 aliphatic carbocycles. The van der Waals surface area contributed by atoms with Crippen LogP contribution in [0, 0.1) is 11.8 Å². The highest BCUT2D eigenvalue weighted by atomic mass is 16.7. The quantitative estimate of drug-likeness (QED) is 0.754. The lowest BCUT2D eigenvalue weighted by Gasteiger charge is -2.43. The topological polar surface area (TPSA) is 54.0 Å². The van der Waals surface area contributed by atoms with E-state index in [0.717, 1.165) is 5.56 Å². The number of rotatable bonds is 6. The summed E-state index contributed by atoms with van der Waals surface area (Å²) in [7, 11) is 3.00. The molecule has 0 N–H and O–H groups in total. The van der Waals surface area contributed by atoms with Gasteiger partial charge in [0.2, 0.25) is 0 Å². The summed E-state index contributed by atoms with van der Waals surface area (Å²) in [6.45, 7) is 4.63. The van der Waals surface area contributed by atoms with Crippen molar-refractivity contribution >= 4 is 5.97 Å². The second-order valence-corrected chi connectivity index (χ2v) is 6.04. The maximum Gasteiger partial charge on any atom is 0.308 e. The standard InChI is InChI=1S/C18H26O5/c1-12-15(10-16(19)20-3)23-18(21-4)13(2)17(12)22-11-14-8-6-5-7-9-14/h5-9,12-13,15,17-18H,10-11H2,1-4H3/t12-,13+,15-,17-,18?/m1/s1. The maximum atomic E-state index is 11.6. The predicted octanol–water partition coefficient (Wildman–Crippen LogP) is 2.78. The second-order valence-electron chi connectivity index (χ2n) is 6.04. The molecular formula is C18H26O5. The molecule has 5 atom stereocenters. The molecule has 0 amide bonds. The van der Waals surface area contributed by atoms with E-state index < -0.39 is 0 Å². The van der Waals surface area contributed by atoms with Gasteiger partial charge in [-0.3, -0.25) is 4.79 Å². The minimum atomic E-state index is -0.387. The highest BCUT2D eigenvalue weighted by Crippen LogP contribution is 2.34. The van der Waals surface area contributed by atoms with Crippen molar-refractivity contribution in [1.29, 1.82) is 0 Å². The van der Waals surface area contributed by atoms with Crippen LogP contribution in [0.1, 0.15) is 25.8 Å². The minimum Gasteiger partial charge on any atom is -0.469 e. The molecule has 128 valence electrons. The summed E-state index contributed by atoms with van der Waals surface area (Å²) in [6, 6.07) is 10.0. The number of hydrogen-bond donors (Lipinski definition) is 0. The fourth-order valence-electron chi connectivity index (χ4n) is 3.09. The van der Waals surface area contributed by atoms with E-state index in [0.29, 0.717) is 6.61 Å². The summed E-state index contributed by atoms with van der Waals surface area (Å²) >= 11 is 0.